The summed E-state index contributed by atoms with van der Waals surface area (Å²) < 4.78 is 5.12. The van der Waals surface area contributed by atoms with Crippen molar-refractivity contribution in [1.82, 2.24) is 0 Å². The quantitative estimate of drug-likeness (QED) is 0.348. The van der Waals surface area contributed by atoms with E-state index in [0.29, 0.717) is 39.7 Å². The smallest absolute Gasteiger partial charge is 0.264 e. The Bertz CT molecular complexity index is 1310. The summed E-state index contributed by atoms with van der Waals surface area (Å²) in [5, 5.41) is 24.0. The predicted molar refractivity (Wildman–Crippen MR) is 144 cm³/mol. The van der Waals surface area contributed by atoms with Gasteiger partial charge in [0.15, 0.2) is 5.60 Å². The molecule has 3 aromatic carbocycles. The zero-order valence-corrected chi connectivity index (χ0v) is 21.4. The monoisotopic (exact) mass is 520 g/mol. The summed E-state index contributed by atoms with van der Waals surface area (Å²) in [5.41, 5.74) is 1.21. The zero-order chi connectivity index (χ0) is 26.6. The Morgan fingerprint density at radius 1 is 1.14 bits per heavy atom. The first-order chi connectivity index (χ1) is 17.8. The van der Waals surface area contributed by atoms with Gasteiger partial charge in [0.05, 0.1) is 19.3 Å². The second-order valence-corrected chi connectivity index (χ2v) is 9.36. The van der Waals surface area contributed by atoms with Crippen molar-refractivity contribution in [2.24, 2.45) is 5.92 Å². The van der Waals surface area contributed by atoms with E-state index in [0.717, 1.165) is 5.56 Å². The molecular formula is C29H29ClN2O5. The summed E-state index contributed by atoms with van der Waals surface area (Å²) in [7, 11) is 1.57. The van der Waals surface area contributed by atoms with Crippen LogP contribution < -0.4 is 15.0 Å². The van der Waals surface area contributed by atoms with E-state index in [4.69, 9.17) is 21.4 Å². The summed E-state index contributed by atoms with van der Waals surface area (Å²) in [6.07, 6.45) is 3.92. The van der Waals surface area contributed by atoms with Gasteiger partial charge in [-0.15, -0.1) is 0 Å². The van der Waals surface area contributed by atoms with E-state index in [1.807, 2.05) is 12.1 Å². The molecule has 4 rings (SSSR count). The number of carbonyl (C=O) groups excluding carboxylic acids is 2. The van der Waals surface area contributed by atoms with Gasteiger partial charge in [0.25, 0.3) is 11.8 Å². The maximum absolute atomic E-state index is 13.6. The molecule has 8 heteroatoms. The number of nitrogens with one attached hydrogen (secondary N) is 1. The highest BCUT2D eigenvalue weighted by Crippen LogP contribution is 2.46. The average molecular weight is 521 g/mol. The van der Waals surface area contributed by atoms with Crippen LogP contribution in [0.5, 0.6) is 5.75 Å². The third-order valence-electron chi connectivity index (χ3n) is 6.52. The fraction of sp³-hybridized carbons (Fsp3) is 0.241. The molecule has 0 radical (unpaired) electrons. The summed E-state index contributed by atoms with van der Waals surface area (Å²) in [5.74, 6) is -0.556. The molecule has 37 heavy (non-hydrogen) atoms. The third kappa shape index (κ3) is 5.39. The van der Waals surface area contributed by atoms with E-state index in [2.05, 4.69) is 5.32 Å². The van der Waals surface area contributed by atoms with Crippen LogP contribution in [0, 0.1) is 5.92 Å². The normalized spacial score (nSPS) is 17.6. The number of aliphatic hydroxyl groups is 2. The molecule has 0 bridgehead atoms. The Kier molecular flexibility index (Phi) is 7.97. The van der Waals surface area contributed by atoms with E-state index >= 15 is 0 Å². The molecule has 192 valence electrons. The van der Waals surface area contributed by atoms with Gasteiger partial charge in [-0.2, -0.15) is 0 Å². The number of ether oxygens (including phenoxy) is 1. The first kappa shape index (κ1) is 26.4. The van der Waals surface area contributed by atoms with Crippen molar-refractivity contribution >= 4 is 34.8 Å². The summed E-state index contributed by atoms with van der Waals surface area (Å²) in [4.78, 5) is 27.7. The predicted octanol–water partition coefficient (Wildman–Crippen LogP) is 4.91. The van der Waals surface area contributed by atoms with Gasteiger partial charge in [-0.25, -0.2) is 0 Å². The maximum Gasteiger partial charge on any atom is 0.264 e. The van der Waals surface area contributed by atoms with Crippen molar-refractivity contribution in [2.45, 2.75) is 25.5 Å². The fourth-order valence-corrected chi connectivity index (χ4v) is 4.58. The second kappa shape index (κ2) is 11.2. The van der Waals surface area contributed by atoms with Crippen LogP contribution in [0.1, 0.15) is 34.8 Å². The van der Waals surface area contributed by atoms with Gasteiger partial charge in [0.1, 0.15) is 5.75 Å². The number of rotatable bonds is 9. The minimum Gasteiger partial charge on any atom is -0.497 e. The van der Waals surface area contributed by atoms with E-state index in [9.17, 15) is 14.7 Å². The first-order valence-corrected chi connectivity index (χ1v) is 12.3. The molecule has 1 aliphatic heterocycles. The van der Waals surface area contributed by atoms with Gasteiger partial charge < -0.3 is 25.2 Å². The molecule has 1 heterocycles. The number of carbonyl (C=O) groups is 2. The van der Waals surface area contributed by atoms with E-state index in [1.165, 1.54) is 0 Å². The highest BCUT2D eigenvalue weighted by Gasteiger charge is 2.52. The second-order valence-electron chi connectivity index (χ2n) is 8.93. The van der Waals surface area contributed by atoms with Crippen LogP contribution in [0.4, 0.5) is 11.4 Å². The molecular weight excluding hydrogens is 492 g/mol. The lowest BCUT2D eigenvalue weighted by atomic mass is 9.83. The summed E-state index contributed by atoms with van der Waals surface area (Å²) in [6.45, 7) is 1.98. The number of amides is 2. The van der Waals surface area contributed by atoms with Gasteiger partial charge in [0, 0.05) is 34.4 Å². The molecule has 1 aliphatic rings. The van der Waals surface area contributed by atoms with Crippen LogP contribution in [0.25, 0.3) is 0 Å². The van der Waals surface area contributed by atoms with Crippen molar-refractivity contribution in [3.8, 4) is 5.75 Å². The van der Waals surface area contributed by atoms with Gasteiger partial charge in [-0.1, -0.05) is 42.8 Å². The van der Waals surface area contributed by atoms with Crippen LogP contribution >= 0.6 is 11.6 Å². The number of fused-ring (bicyclic) bond motifs is 1. The Morgan fingerprint density at radius 2 is 1.84 bits per heavy atom. The van der Waals surface area contributed by atoms with Gasteiger partial charge in [0.2, 0.25) is 0 Å². The molecule has 0 saturated heterocycles. The van der Waals surface area contributed by atoms with Crippen LogP contribution in [-0.2, 0) is 16.9 Å². The molecule has 0 aliphatic carbocycles. The molecule has 0 fully saturated rings. The Balaban J connectivity index is 1.52. The number of methoxy groups -OCH3 is 1. The van der Waals surface area contributed by atoms with E-state index < -0.39 is 17.4 Å². The van der Waals surface area contributed by atoms with Gasteiger partial charge in [-0.05, 0) is 66.6 Å². The largest absolute Gasteiger partial charge is 0.497 e. The highest BCUT2D eigenvalue weighted by atomic mass is 35.5. The van der Waals surface area contributed by atoms with Gasteiger partial charge >= 0.3 is 0 Å². The van der Waals surface area contributed by atoms with Crippen molar-refractivity contribution in [3.05, 3.63) is 101 Å². The zero-order valence-electron chi connectivity index (χ0n) is 20.6. The number of aliphatic hydroxyl groups excluding tert-OH is 1. The summed E-state index contributed by atoms with van der Waals surface area (Å²) in [6, 6.07) is 19.1. The molecule has 0 saturated carbocycles. The first-order valence-electron chi connectivity index (χ1n) is 11.9. The molecule has 0 unspecified atom stereocenters. The van der Waals surface area contributed by atoms with Crippen LogP contribution in [-0.4, -0.2) is 35.7 Å². The van der Waals surface area contributed by atoms with Gasteiger partial charge in [-0.3, -0.25) is 9.59 Å². The average Bonchev–Trinajstić information content (AvgIpc) is 3.12. The van der Waals surface area contributed by atoms with E-state index in [1.54, 1.807) is 85.7 Å². The van der Waals surface area contributed by atoms with Crippen LogP contribution in [0.2, 0.25) is 5.02 Å². The topological polar surface area (TPSA) is 99.1 Å². The number of hydrogen-bond donors (Lipinski definition) is 3. The molecule has 0 aromatic heterocycles. The maximum atomic E-state index is 13.6. The number of nitrogens with zero attached hydrogens (tertiary/aromatic N) is 1. The van der Waals surface area contributed by atoms with Crippen molar-refractivity contribution in [1.29, 1.82) is 0 Å². The molecule has 2 atom stereocenters. The Hall–Kier alpha value is -3.65. The Labute approximate surface area is 221 Å². The number of halogens is 1. The lowest BCUT2D eigenvalue weighted by Gasteiger charge is -2.27. The van der Waals surface area contributed by atoms with Crippen LogP contribution in [0.3, 0.4) is 0 Å². The number of anilines is 2. The van der Waals surface area contributed by atoms with Crippen molar-refractivity contribution in [2.75, 3.05) is 23.9 Å². The third-order valence-corrected chi connectivity index (χ3v) is 6.75. The van der Waals surface area contributed by atoms with Crippen LogP contribution in [0.15, 0.2) is 78.9 Å². The lowest BCUT2D eigenvalue weighted by Crippen LogP contribution is -2.44. The number of hydrogen-bond acceptors (Lipinski definition) is 5. The van der Waals surface area contributed by atoms with E-state index in [-0.39, 0.29) is 19.1 Å². The minimum absolute atomic E-state index is 0.0132. The lowest BCUT2D eigenvalue weighted by molar-refractivity contribution is -0.139. The number of benzene rings is 3. The standard InChI is InChI=1S/C29H29ClN2O5/c1-19(5-3-4-16-33)29(36)25-17-22(30)10-15-26(25)32(28(29)35)18-20-6-11-23(12-7-20)31-27(34)21-8-13-24(37-2)14-9-21/h3,5-15,17,19,33,36H,4,16,18H2,1-2H3,(H,31,34)/b5-3+/t19-,29+/m1/s1. The molecule has 0 spiro atoms. The molecule has 3 N–H and O–H groups in total. The minimum atomic E-state index is -1.78. The SMILES string of the molecule is COc1ccc(C(=O)Nc2ccc(CN3C(=O)[C@](O)([C@H](C)/C=C/CCO)c4cc(Cl)ccc43)cc2)cc1. The highest BCUT2D eigenvalue weighted by molar-refractivity contribution is 6.31. The fourth-order valence-electron chi connectivity index (χ4n) is 4.41. The molecule has 2 amide bonds. The summed E-state index contributed by atoms with van der Waals surface area (Å²) >= 11 is 6.22. The van der Waals surface area contributed by atoms with Crippen molar-refractivity contribution in [3.63, 3.8) is 0 Å². The Morgan fingerprint density at radius 3 is 2.49 bits per heavy atom. The molecule has 3 aromatic rings. The molecule has 7 nitrogen and oxygen atoms in total. The van der Waals surface area contributed by atoms with Crippen molar-refractivity contribution < 1.29 is 24.5 Å².